The van der Waals surface area contributed by atoms with Gasteiger partial charge in [0.15, 0.2) is 5.65 Å². The number of amides is 1. The predicted octanol–water partition coefficient (Wildman–Crippen LogP) is 5.67. The Morgan fingerprint density at radius 3 is 2.69 bits per heavy atom. The van der Waals surface area contributed by atoms with Crippen LogP contribution in [0.5, 0.6) is 0 Å². The van der Waals surface area contributed by atoms with Gasteiger partial charge >= 0.3 is 0 Å². The molecule has 1 aliphatic rings. The Labute approximate surface area is 176 Å². The third-order valence-corrected chi connectivity index (χ3v) is 6.62. The van der Waals surface area contributed by atoms with E-state index >= 15 is 0 Å². The summed E-state index contributed by atoms with van der Waals surface area (Å²) in [4.78, 5) is 21.8. The Morgan fingerprint density at radius 1 is 1.21 bits per heavy atom. The zero-order valence-electron chi connectivity index (χ0n) is 17.7. The molecule has 0 radical (unpaired) electrons. The van der Waals surface area contributed by atoms with Crippen molar-refractivity contribution in [1.29, 1.82) is 0 Å². The van der Waals surface area contributed by atoms with Gasteiger partial charge in [0.25, 0.3) is 5.91 Å². The van der Waals surface area contributed by atoms with E-state index in [0.717, 1.165) is 33.7 Å². The number of aromatic nitrogens is 3. The molecule has 2 aromatic heterocycles. The number of carbonyl (C=O) groups excluding carboxylic acids is 1. The molecule has 6 heteroatoms. The first-order valence-electron chi connectivity index (χ1n) is 10.3. The SMILES string of the molecule is CC1CCN(C(=O)c2cc(C(C)C)nc3c2cnn3C(C)C)c2ccccc2S1. The highest BCUT2D eigenvalue weighted by Crippen LogP contribution is 2.38. The molecule has 1 aromatic carbocycles. The fourth-order valence-electron chi connectivity index (χ4n) is 3.73. The van der Waals surface area contributed by atoms with Gasteiger partial charge in [-0.1, -0.05) is 32.9 Å². The maximum absolute atomic E-state index is 13.8. The quantitative estimate of drug-likeness (QED) is 0.560. The number of benzene rings is 1. The average Bonchev–Trinajstić information content (AvgIpc) is 3.04. The van der Waals surface area contributed by atoms with E-state index in [1.54, 1.807) is 6.20 Å². The summed E-state index contributed by atoms with van der Waals surface area (Å²) in [5.74, 6) is 0.262. The van der Waals surface area contributed by atoms with E-state index in [-0.39, 0.29) is 17.9 Å². The summed E-state index contributed by atoms with van der Waals surface area (Å²) in [6.45, 7) is 11.3. The highest BCUT2D eigenvalue weighted by Gasteiger charge is 2.28. The van der Waals surface area contributed by atoms with Gasteiger partial charge in [-0.25, -0.2) is 9.67 Å². The molecule has 0 aliphatic carbocycles. The minimum atomic E-state index is 0.0322. The van der Waals surface area contributed by atoms with Crippen LogP contribution in [0.15, 0.2) is 41.4 Å². The first-order valence-corrected chi connectivity index (χ1v) is 11.2. The molecular formula is C23H28N4OS. The summed E-state index contributed by atoms with van der Waals surface area (Å²) < 4.78 is 1.91. The third-order valence-electron chi connectivity index (χ3n) is 5.39. The predicted molar refractivity (Wildman–Crippen MR) is 120 cm³/mol. The molecule has 1 unspecified atom stereocenters. The Balaban J connectivity index is 1.87. The number of para-hydroxylation sites is 1. The van der Waals surface area contributed by atoms with Gasteiger partial charge in [-0.2, -0.15) is 5.10 Å². The summed E-state index contributed by atoms with van der Waals surface area (Å²) >= 11 is 1.85. The van der Waals surface area contributed by atoms with Crippen molar-refractivity contribution in [2.75, 3.05) is 11.4 Å². The van der Waals surface area contributed by atoms with Crippen LogP contribution >= 0.6 is 11.8 Å². The van der Waals surface area contributed by atoms with Crippen LogP contribution in [0.4, 0.5) is 5.69 Å². The molecule has 1 amide bonds. The van der Waals surface area contributed by atoms with Crippen LogP contribution in [0.1, 0.15) is 69.1 Å². The van der Waals surface area contributed by atoms with Crippen molar-refractivity contribution in [2.24, 2.45) is 0 Å². The molecule has 29 heavy (non-hydrogen) atoms. The molecule has 5 nitrogen and oxygen atoms in total. The van der Waals surface area contributed by atoms with Crippen LogP contribution < -0.4 is 4.90 Å². The lowest BCUT2D eigenvalue weighted by Gasteiger charge is -2.23. The molecule has 3 aromatic rings. The van der Waals surface area contributed by atoms with Gasteiger partial charge in [0.05, 0.1) is 22.8 Å². The Hall–Kier alpha value is -2.34. The van der Waals surface area contributed by atoms with Gasteiger partial charge in [0, 0.05) is 28.4 Å². The average molecular weight is 409 g/mol. The maximum atomic E-state index is 13.8. The molecule has 4 rings (SSSR count). The molecule has 1 atom stereocenters. The van der Waals surface area contributed by atoms with Crippen LogP contribution in [0, 0.1) is 0 Å². The highest BCUT2D eigenvalue weighted by atomic mass is 32.2. The lowest BCUT2D eigenvalue weighted by atomic mass is 10.0. The zero-order chi connectivity index (χ0) is 20.7. The van der Waals surface area contributed by atoms with Crippen LogP contribution in [-0.2, 0) is 0 Å². The molecule has 3 heterocycles. The summed E-state index contributed by atoms with van der Waals surface area (Å²) in [7, 11) is 0. The number of hydrogen-bond acceptors (Lipinski definition) is 4. The maximum Gasteiger partial charge on any atom is 0.259 e. The second kappa shape index (κ2) is 7.82. The summed E-state index contributed by atoms with van der Waals surface area (Å²) in [5.41, 5.74) is 3.41. The van der Waals surface area contributed by atoms with Crippen LogP contribution in [0.3, 0.4) is 0 Å². The standard InChI is InChI=1S/C23H28N4OS/c1-14(2)19-12-17(18-13-24-27(15(3)4)22(18)25-19)23(28)26-11-10-16(5)29-21-9-7-6-8-20(21)26/h6-9,12-16H,10-11H2,1-5H3. The molecule has 0 spiro atoms. The molecule has 0 saturated heterocycles. The normalized spacial score (nSPS) is 17.1. The van der Waals surface area contributed by atoms with Gasteiger partial charge in [0.2, 0.25) is 0 Å². The molecule has 152 valence electrons. The van der Waals surface area contributed by atoms with Crippen molar-refractivity contribution in [3.05, 3.63) is 47.8 Å². The van der Waals surface area contributed by atoms with Crippen molar-refractivity contribution in [3.63, 3.8) is 0 Å². The Morgan fingerprint density at radius 2 is 1.97 bits per heavy atom. The Bertz CT molecular complexity index is 1060. The molecule has 0 N–H and O–H groups in total. The van der Waals surface area contributed by atoms with Crippen molar-refractivity contribution >= 4 is 34.4 Å². The second-order valence-electron chi connectivity index (χ2n) is 8.31. The van der Waals surface area contributed by atoms with E-state index in [1.807, 2.05) is 39.5 Å². The highest BCUT2D eigenvalue weighted by molar-refractivity contribution is 8.00. The van der Waals surface area contributed by atoms with Gasteiger partial charge in [0.1, 0.15) is 0 Å². The van der Waals surface area contributed by atoms with Gasteiger partial charge < -0.3 is 4.90 Å². The lowest BCUT2D eigenvalue weighted by Crippen LogP contribution is -2.32. The summed E-state index contributed by atoms with van der Waals surface area (Å²) in [6.07, 6.45) is 2.75. The number of fused-ring (bicyclic) bond motifs is 2. The first kappa shape index (κ1) is 20.0. The van der Waals surface area contributed by atoms with Crippen LogP contribution in [-0.4, -0.2) is 32.5 Å². The number of thioether (sulfide) groups is 1. The van der Waals surface area contributed by atoms with Gasteiger partial charge in [-0.15, -0.1) is 11.8 Å². The molecule has 0 fully saturated rings. The van der Waals surface area contributed by atoms with E-state index < -0.39 is 0 Å². The topological polar surface area (TPSA) is 51.0 Å². The van der Waals surface area contributed by atoms with Crippen molar-refractivity contribution in [2.45, 2.75) is 63.1 Å². The summed E-state index contributed by atoms with van der Waals surface area (Å²) in [5, 5.41) is 5.84. The minimum absolute atomic E-state index is 0.0322. The van der Waals surface area contributed by atoms with Gasteiger partial charge in [-0.05, 0) is 44.4 Å². The van der Waals surface area contributed by atoms with E-state index in [1.165, 1.54) is 0 Å². The fraction of sp³-hybridized carbons (Fsp3) is 0.435. The van der Waals surface area contributed by atoms with Crippen molar-refractivity contribution in [1.82, 2.24) is 14.8 Å². The van der Waals surface area contributed by atoms with Crippen molar-refractivity contribution < 1.29 is 4.79 Å². The molecular weight excluding hydrogens is 380 g/mol. The van der Waals surface area contributed by atoms with Crippen molar-refractivity contribution in [3.8, 4) is 0 Å². The first-order chi connectivity index (χ1) is 13.9. The fourth-order valence-corrected chi connectivity index (χ4v) is 4.84. The van der Waals surface area contributed by atoms with E-state index in [0.29, 0.717) is 17.4 Å². The molecule has 1 aliphatic heterocycles. The largest absolute Gasteiger partial charge is 0.307 e. The van der Waals surface area contributed by atoms with Crippen LogP contribution in [0.2, 0.25) is 0 Å². The summed E-state index contributed by atoms with van der Waals surface area (Å²) in [6, 6.07) is 10.4. The Kier molecular flexibility index (Phi) is 5.38. The number of carbonyl (C=O) groups is 1. The third kappa shape index (κ3) is 3.66. The number of anilines is 1. The monoisotopic (exact) mass is 408 g/mol. The van der Waals surface area contributed by atoms with Crippen LogP contribution in [0.25, 0.3) is 11.0 Å². The van der Waals surface area contributed by atoms with E-state index in [2.05, 4.69) is 51.9 Å². The number of rotatable bonds is 3. The number of pyridine rings is 1. The number of hydrogen-bond donors (Lipinski definition) is 0. The van der Waals surface area contributed by atoms with E-state index in [9.17, 15) is 4.79 Å². The smallest absolute Gasteiger partial charge is 0.259 e. The molecule has 0 bridgehead atoms. The lowest BCUT2D eigenvalue weighted by molar-refractivity contribution is 0.0988. The van der Waals surface area contributed by atoms with E-state index in [4.69, 9.17) is 4.98 Å². The van der Waals surface area contributed by atoms with Gasteiger partial charge in [-0.3, -0.25) is 4.79 Å². The minimum Gasteiger partial charge on any atom is -0.307 e. The second-order valence-corrected chi connectivity index (χ2v) is 9.79. The molecule has 0 saturated carbocycles. The number of nitrogens with zero attached hydrogens (tertiary/aromatic N) is 4. The zero-order valence-corrected chi connectivity index (χ0v) is 18.5.